The minimum absolute atomic E-state index is 0.171. The van der Waals surface area contributed by atoms with Crippen LogP contribution in [0.2, 0.25) is 0 Å². The summed E-state index contributed by atoms with van der Waals surface area (Å²) in [6.07, 6.45) is 1.99. The summed E-state index contributed by atoms with van der Waals surface area (Å²) in [5.41, 5.74) is 1.19. The molecule has 1 unspecified atom stereocenters. The molecule has 0 radical (unpaired) electrons. The average molecular weight is 267 g/mol. The molecule has 0 aromatic heterocycles. The van der Waals surface area contributed by atoms with Gasteiger partial charge in [0.2, 0.25) is 0 Å². The molecule has 0 fully saturated rings. The molecule has 0 amide bonds. The summed E-state index contributed by atoms with van der Waals surface area (Å²) in [4.78, 5) is 0. The molecule has 0 bridgehead atoms. The molecule has 3 heteroatoms. The van der Waals surface area contributed by atoms with Crippen molar-refractivity contribution < 1.29 is 9.13 Å². The van der Waals surface area contributed by atoms with Crippen LogP contribution in [0.25, 0.3) is 0 Å². The Labute approximate surface area is 116 Å². The van der Waals surface area contributed by atoms with Gasteiger partial charge in [-0.1, -0.05) is 26.0 Å². The van der Waals surface area contributed by atoms with Crippen LogP contribution in [0.4, 0.5) is 4.39 Å². The van der Waals surface area contributed by atoms with E-state index in [4.69, 9.17) is 4.74 Å². The smallest absolute Gasteiger partial charge is 0.123 e. The van der Waals surface area contributed by atoms with E-state index in [0.717, 1.165) is 32.5 Å². The van der Waals surface area contributed by atoms with E-state index in [1.807, 2.05) is 12.1 Å². The van der Waals surface area contributed by atoms with Crippen molar-refractivity contribution in [3.8, 4) is 0 Å². The summed E-state index contributed by atoms with van der Waals surface area (Å²) < 4.78 is 18.1. The zero-order valence-corrected chi connectivity index (χ0v) is 12.3. The van der Waals surface area contributed by atoms with Gasteiger partial charge in [-0.05, 0) is 55.5 Å². The maximum Gasteiger partial charge on any atom is 0.123 e. The number of benzene rings is 1. The maximum absolute atomic E-state index is 12.9. The van der Waals surface area contributed by atoms with Crippen LogP contribution in [0.1, 0.15) is 25.8 Å². The van der Waals surface area contributed by atoms with E-state index in [9.17, 15) is 4.39 Å². The predicted molar refractivity (Wildman–Crippen MR) is 77.8 cm³/mol. The summed E-state index contributed by atoms with van der Waals surface area (Å²) >= 11 is 0. The van der Waals surface area contributed by atoms with Crippen molar-refractivity contribution in [1.82, 2.24) is 5.32 Å². The Morgan fingerprint density at radius 1 is 1.16 bits per heavy atom. The number of ether oxygens (including phenoxy) is 1. The van der Waals surface area contributed by atoms with Gasteiger partial charge in [0, 0.05) is 13.7 Å². The largest absolute Gasteiger partial charge is 0.385 e. The summed E-state index contributed by atoms with van der Waals surface area (Å²) in [7, 11) is 1.73. The van der Waals surface area contributed by atoms with E-state index < -0.39 is 0 Å². The van der Waals surface area contributed by atoms with Crippen molar-refractivity contribution >= 4 is 0 Å². The Hall–Kier alpha value is -0.930. The molecule has 1 atom stereocenters. The second kappa shape index (κ2) is 9.05. The van der Waals surface area contributed by atoms with Crippen LogP contribution >= 0.6 is 0 Å². The van der Waals surface area contributed by atoms with Crippen LogP contribution in [0.15, 0.2) is 24.3 Å². The first kappa shape index (κ1) is 16.1. The van der Waals surface area contributed by atoms with Crippen molar-refractivity contribution in [2.75, 3.05) is 26.8 Å². The molecule has 0 saturated heterocycles. The number of hydrogen-bond acceptors (Lipinski definition) is 2. The van der Waals surface area contributed by atoms with E-state index in [0.29, 0.717) is 11.8 Å². The van der Waals surface area contributed by atoms with Crippen LogP contribution in [0, 0.1) is 17.7 Å². The van der Waals surface area contributed by atoms with Gasteiger partial charge in [-0.15, -0.1) is 0 Å². The Kier molecular flexibility index (Phi) is 7.68. The van der Waals surface area contributed by atoms with Crippen molar-refractivity contribution in [3.05, 3.63) is 35.6 Å². The van der Waals surface area contributed by atoms with Gasteiger partial charge in [0.25, 0.3) is 0 Å². The number of hydrogen-bond donors (Lipinski definition) is 1. The molecule has 1 aromatic carbocycles. The standard InChI is InChI=1S/C16H26FNO/c1-13(2)11-18-12-15(8-9-19-3)10-14-4-6-16(17)7-5-14/h4-7,13,15,18H,8-12H2,1-3H3. The predicted octanol–water partition coefficient (Wildman–Crippen LogP) is 3.27. The topological polar surface area (TPSA) is 21.3 Å². The average Bonchev–Trinajstić information content (AvgIpc) is 2.38. The van der Waals surface area contributed by atoms with E-state index in [-0.39, 0.29) is 5.82 Å². The molecule has 1 N–H and O–H groups in total. The fourth-order valence-corrected chi connectivity index (χ4v) is 2.09. The molecule has 108 valence electrons. The van der Waals surface area contributed by atoms with Gasteiger partial charge in [-0.25, -0.2) is 4.39 Å². The molecular weight excluding hydrogens is 241 g/mol. The van der Waals surface area contributed by atoms with E-state index in [1.54, 1.807) is 7.11 Å². The third-order valence-electron chi connectivity index (χ3n) is 3.15. The highest BCUT2D eigenvalue weighted by atomic mass is 19.1. The molecule has 2 nitrogen and oxygen atoms in total. The monoisotopic (exact) mass is 267 g/mol. The van der Waals surface area contributed by atoms with Gasteiger partial charge in [0.1, 0.15) is 5.82 Å². The Morgan fingerprint density at radius 2 is 1.84 bits per heavy atom. The first-order valence-corrected chi connectivity index (χ1v) is 7.06. The second-order valence-electron chi connectivity index (χ2n) is 5.53. The summed E-state index contributed by atoms with van der Waals surface area (Å²) in [5, 5.41) is 3.50. The lowest BCUT2D eigenvalue weighted by Gasteiger charge is -2.18. The molecule has 19 heavy (non-hydrogen) atoms. The Morgan fingerprint density at radius 3 is 2.42 bits per heavy atom. The molecule has 1 rings (SSSR count). The number of rotatable bonds is 9. The van der Waals surface area contributed by atoms with Crippen LogP contribution in [-0.4, -0.2) is 26.8 Å². The fraction of sp³-hybridized carbons (Fsp3) is 0.625. The SMILES string of the molecule is COCCC(CNCC(C)C)Cc1ccc(F)cc1. The first-order chi connectivity index (χ1) is 9.11. The first-order valence-electron chi connectivity index (χ1n) is 7.06. The molecule has 0 aliphatic heterocycles. The zero-order chi connectivity index (χ0) is 14.1. The Bertz CT molecular complexity index is 337. The molecule has 0 saturated carbocycles. The number of methoxy groups -OCH3 is 1. The fourth-order valence-electron chi connectivity index (χ4n) is 2.09. The lowest BCUT2D eigenvalue weighted by Crippen LogP contribution is -2.28. The molecule has 0 spiro atoms. The minimum Gasteiger partial charge on any atom is -0.385 e. The lowest BCUT2D eigenvalue weighted by atomic mass is 9.96. The van der Waals surface area contributed by atoms with Crippen molar-refractivity contribution in [2.24, 2.45) is 11.8 Å². The highest BCUT2D eigenvalue weighted by Gasteiger charge is 2.10. The van der Waals surface area contributed by atoms with E-state index in [2.05, 4.69) is 19.2 Å². The van der Waals surface area contributed by atoms with Gasteiger partial charge in [-0.2, -0.15) is 0 Å². The van der Waals surface area contributed by atoms with Crippen molar-refractivity contribution in [1.29, 1.82) is 0 Å². The van der Waals surface area contributed by atoms with Crippen molar-refractivity contribution in [2.45, 2.75) is 26.7 Å². The third-order valence-corrected chi connectivity index (χ3v) is 3.15. The summed E-state index contributed by atoms with van der Waals surface area (Å²) in [5.74, 6) is 1.02. The van der Waals surface area contributed by atoms with Crippen LogP contribution < -0.4 is 5.32 Å². The summed E-state index contributed by atoms with van der Waals surface area (Å²) in [6.45, 7) is 7.20. The quantitative estimate of drug-likeness (QED) is 0.741. The van der Waals surface area contributed by atoms with Crippen LogP contribution in [0.5, 0.6) is 0 Å². The Balaban J connectivity index is 2.45. The molecule has 1 aromatic rings. The third kappa shape index (κ3) is 7.28. The van der Waals surface area contributed by atoms with Gasteiger partial charge in [0.05, 0.1) is 0 Å². The van der Waals surface area contributed by atoms with Gasteiger partial charge < -0.3 is 10.1 Å². The maximum atomic E-state index is 12.9. The molecule has 0 aliphatic rings. The van der Waals surface area contributed by atoms with Gasteiger partial charge in [0.15, 0.2) is 0 Å². The minimum atomic E-state index is -0.171. The highest BCUT2D eigenvalue weighted by Crippen LogP contribution is 2.13. The van der Waals surface area contributed by atoms with E-state index in [1.165, 1.54) is 17.7 Å². The van der Waals surface area contributed by atoms with Crippen molar-refractivity contribution in [3.63, 3.8) is 0 Å². The van der Waals surface area contributed by atoms with E-state index >= 15 is 0 Å². The number of halogens is 1. The van der Waals surface area contributed by atoms with Crippen LogP contribution in [0.3, 0.4) is 0 Å². The summed E-state index contributed by atoms with van der Waals surface area (Å²) in [6, 6.07) is 6.81. The molecule has 0 aliphatic carbocycles. The normalized spacial score (nSPS) is 12.9. The van der Waals surface area contributed by atoms with Crippen LogP contribution in [-0.2, 0) is 11.2 Å². The number of nitrogens with one attached hydrogen (secondary N) is 1. The van der Waals surface area contributed by atoms with Gasteiger partial charge >= 0.3 is 0 Å². The molecule has 0 heterocycles. The zero-order valence-electron chi connectivity index (χ0n) is 12.3. The van der Waals surface area contributed by atoms with Gasteiger partial charge in [-0.3, -0.25) is 0 Å². The second-order valence-corrected chi connectivity index (χ2v) is 5.53. The lowest BCUT2D eigenvalue weighted by molar-refractivity contribution is 0.176. The molecular formula is C16H26FNO. The highest BCUT2D eigenvalue weighted by molar-refractivity contribution is 5.16.